The van der Waals surface area contributed by atoms with Crippen molar-refractivity contribution in [3.63, 3.8) is 0 Å². The van der Waals surface area contributed by atoms with E-state index in [1.54, 1.807) is 14.2 Å². The average molecular weight is 388 g/mol. The summed E-state index contributed by atoms with van der Waals surface area (Å²) in [5.41, 5.74) is 1.97. The van der Waals surface area contributed by atoms with Crippen LogP contribution in [0.15, 0.2) is 42.5 Å². The minimum absolute atomic E-state index is 0.195. The fourth-order valence-electron chi connectivity index (χ4n) is 3.07. The zero-order valence-corrected chi connectivity index (χ0v) is 17.4. The molecular formula is C23H33NO4. The lowest BCUT2D eigenvalue weighted by Crippen LogP contribution is -2.32. The van der Waals surface area contributed by atoms with Gasteiger partial charge in [0.2, 0.25) is 0 Å². The summed E-state index contributed by atoms with van der Waals surface area (Å²) >= 11 is 0. The van der Waals surface area contributed by atoms with Crippen LogP contribution in [0.5, 0.6) is 17.2 Å². The molecule has 0 aromatic heterocycles. The van der Waals surface area contributed by atoms with Gasteiger partial charge in [0.05, 0.1) is 26.9 Å². The first kappa shape index (κ1) is 22.1. The number of benzene rings is 2. The molecule has 0 fully saturated rings. The third-order valence-corrected chi connectivity index (χ3v) is 4.68. The van der Waals surface area contributed by atoms with Crippen LogP contribution in [0.1, 0.15) is 43.9 Å². The Morgan fingerprint density at radius 3 is 2.46 bits per heavy atom. The molecule has 0 amide bonds. The lowest BCUT2D eigenvalue weighted by Gasteiger charge is -2.20. The Morgan fingerprint density at radius 2 is 1.75 bits per heavy atom. The van der Waals surface area contributed by atoms with E-state index in [4.69, 9.17) is 14.2 Å². The molecule has 2 aromatic rings. The third kappa shape index (κ3) is 6.43. The lowest BCUT2D eigenvalue weighted by molar-refractivity contribution is 0.164. The average Bonchev–Trinajstić information content (AvgIpc) is 2.72. The zero-order valence-electron chi connectivity index (χ0n) is 17.4. The maximum atomic E-state index is 10.6. The Hall–Kier alpha value is -2.24. The third-order valence-electron chi connectivity index (χ3n) is 4.68. The molecule has 2 unspecified atom stereocenters. The second-order valence-corrected chi connectivity index (χ2v) is 6.96. The molecule has 0 radical (unpaired) electrons. The van der Waals surface area contributed by atoms with Crippen molar-refractivity contribution < 1.29 is 19.3 Å². The van der Waals surface area contributed by atoms with E-state index in [0.717, 1.165) is 47.6 Å². The molecule has 0 aliphatic heterocycles. The van der Waals surface area contributed by atoms with Gasteiger partial charge >= 0.3 is 0 Å². The number of nitrogens with one attached hydrogen (secondary N) is 1. The van der Waals surface area contributed by atoms with Crippen molar-refractivity contribution in [2.45, 2.75) is 45.3 Å². The van der Waals surface area contributed by atoms with Gasteiger partial charge in [-0.25, -0.2) is 0 Å². The molecule has 0 saturated carbocycles. The summed E-state index contributed by atoms with van der Waals surface area (Å²) in [5, 5.41) is 14.1. The van der Waals surface area contributed by atoms with Crippen molar-refractivity contribution in [1.29, 1.82) is 0 Å². The number of hydrogen-bond acceptors (Lipinski definition) is 5. The van der Waals surface area contributed by atoms with Gasteiger partial charge in [-0.1, -0.05) is 37.6 Å². The molecule has 28 heavy (non-hydrogen) atoms. The molecule has 2 aromatic carbocycles. The van der Waals surface area contributed by atoms with Crippen LogP contribution < -0.4 is 19.5 Å². The second kappa shape index (κ2) is 11.6. The molecule has 5 nitrogen and oxygen atoms in total. The number of methoxy groups -OCH3 is 2. The minimum Gasteiger partial charge on any atom is -0.493 e. The first-order valence-corrected chi connectivity index (χ1v) is 9.93. The standard InChI is InChI=1S/C23H33NO4/c1-5-6-13-28-21-10-8-7-9-19(21)20(25)16-24-17(2)14-18-11-12-22(26-3)23(15-18)27-4/h7-12,15,17,20,24-25H,5-6,13-14,16H2,1-4H3. The van der Waals surface area contributed by atoms with Gasteiger partial charge in [0.15, 0.2) is 11.5 Å². The minimum atomic E-state index is -0.620. The Kier molecular flexibility index (Phi) is 9.11. The van der Waals surface area contributed by atoms with Crippen molar-refractivity contribution in [2.24, 2.45) is 0 Å². The van der Waals surface area contributed by atoms with Crippen LogP contribution in [-0.4, -0.2) is 38.5 Å². The van der Waals surface area contributed by atoms with Crippen molar-refractivity contribution >= 4 is 0 Å². The van der Waals surface area contributed by atoms with Gasteiger partial charge in [0, 0.05) is 18.2 Å². The van der Waals surface area contributed by atoms with Gasteiger partial charge in [-0.2, -0.15) is 0 Å². The van der Waals surface area contributed by atoms with Gasteiger partial charge in [-0.3, -0.25) is 0 Å². The van der Waals surface area contributed by atoms with E-state index in [9.17, 15) is 5.11 Å². The summed E-state index contributed by atoms with van der Waals surface area (Å²) in [4.78, 5) is 0. The fourth-order valence-corrected chi connectivity index (χ4v) is 3.07. The topological polar surface area (TPSA) is 60.0 Å². The van der Waals surface area contributed by atoms with Crippen molar-refractivity contribution in [3.8, 4) is 17.2 Å². The van der Waals surface area contributed by atoms with E-state index in [2.05, 4.69) is 19.2 Å². The van der Waals surface area contributed by atoms with Crippen LogP contribution in [0.25, 0.3) is 0 Å². The predicted octanol–water partition coefficient (Wildman–Crippen LogP) is 4.14. The Morgan fingerprint density at radius 1 is 1.00 bits per heavy atom. The van der Waals surface area contributed by atoms with Crippen LogP contribution >= 0.6 is 0 Å². The van der Waals surface area contributed by atoms with Gasteiger partial charge in [0.25, 0.3) is 0 Å². The quantitative estimate of drug-likeness (QED) is 0.536. The fraction of sp³-hybridized carbons (Fsp3) is 0.478. The van der Waals surface area contributed by atoms with Crippen molar-refractivity contribution in [1.82, 2.24) is 5.32 Å². The van der Waals surface area contributed by atoms with Gasteiger partial charge in [-0.15, -0.1) is 0 Å². The molecule has 0 aliphatic rings. The number of rotatable bonds is 12. The summed E-state index contributed by atoms with van der Waals surface area (Å²) in [5.74, 6) is 2.21. The maximum Gasteiger partial charge on any atom is 0.160 e. The molecule has 0 spiro atoms. The normalized spacial score (nSPS) is 13.0. The van der Waals surface area contributed by atoms with E-state index >= 15 is 0 Å². The summed E-state index contributed by atoms with van der Waals surface area (Å²) < 4.78 is 16.5. The van der Waals surface area contributed by atoms with Crippen LogP contribution in [0.3, 0.4) is 0 Å². The monoisotopic (exact) mass is 387 g/mol. The first-order valence-electron chi connectivity index (χ1n) is 9.93. The molecule has 154 valence electrons. The molecule has 5 heteroatoms. The van der Waals surface area contributed by atoms with Crippen LogP contribution in [0.4, 0.5) is 0 Å². The van der Waals surface area contributed by atoms with E-state index in [-0.39, 0.29) is 6.04 Å². The molecule has 0 heterocycles. The summed E-state index contributed by atoms with van der Waals surface area (Å²) in [6.07, 6.45) is 2.29. The first-order chi connectivity index (χ1) is 13.6. The highest BCUT2D eigenvalue weighted by molar-refractivity contribution is 5.43. The molecule has 0 bridgehead atoms. The summed E-state index contributed by atoms with van der Waals surface area (Å²) in [6, 6.07) is 13.8. The largest absolute Gasteiger partial charge is 0.493 e. The highest BCUT2D eigenvalue weighted by Crippen LogP contribution is 2.28. The van der Waals surface area contributed by atoms with E-state index < -0.39 is 6.10 Å². The summed E-state index contributed by atoms with van der Waals surface area (Å²) in [6.45, 7) is 5.37. The maximum absolute atomic E-state index is 10.6. The molecular weight excluding hydrogens is 354 g/mol. The molecule has 2 rings (SSSR count). The van der Waals surface area contributed by atoms with E-state index in [1.807, 2.05) is 42.5 Å². The number of ether oxygens (including phenoxy) is 3. The van der Waals surface area contributed by atoms with Crippen LogP contribution in [-0.2, 0) is 6.42 Å². The summed E-state index contributed by atoms with van der Waals surface area (Å²) in [7, 11) is 3.27. The van der Waals surface area contributed by atoms with Crippen molar-refractivity contribution in [3.05, 3.63) is 53.6 Å². The van der Waals surface area contributed by atoms with Crippen LogP contribution in [0, 0.1) is 0 Å². The van der Waals surface area contributed by atoms with Crippen molar-refractivity contribution in [2.75, 3.05) is 27.4 Å². The number of para-hydroxylation sites is 1. The lowest BCUT2D eigenvalue weighted by atomic mass is 10.0. The number of hydrogen-bond donors (Lipinski definition) is 2. The molecule has 2 atom stereocenters. The molecule has 0 aliphatic carbocycles. The Balaban J connectivity index is 1.91. The number of aliphatic hydroxyl groups is 1. The number of unbranched alkanes of at least 4 members (excludes halogenated alkanes) is 1. The molecule has 2 N–H and O–H groups in total. The zero-order chi connectivity index (χ0) is 20.4. The second-order valence-electron chi connectivity index (χ2n) is 6.96. The SMILES string of the molecule is CCCCOc1ccccc1C(O)CNC(C)Cc1ccc(OC)c(OC)c1. The highest BCUT2D eigenvalue weighted by Gasteiger charge is 2.15. The highest BCUT2D eigenvalue weighted by atomic mass is 16.5. The van der Waals surface area contributed by atoms with Gasteiger partial charge in [-0.05, 0) is 43.5 Å². The number of aliphatic hydroxyl groups excluding tert-OH is 1. The van der Waals surface area contributed by atoms with E-state index in [1.165, 1.54) is 0 Å². The van der Waals surface area contributed by atoms with E-state index in [0.29, 0.717) is 13.2 Å². The predicted molar refractivity (Wildman–Crippen MR) is 113 cm³/mol. The van der Waals surface area contributed by atoms with Gasteiger partial charge in [0.1, 0.15) is 5.75 Å². The van der Waals surface area contributed by atoms with Gasteiger partial charge < -0.3 is 24.6 Å². The van der Waals surface area contributed by atoms with Crippen LogP contribution in [0.2, 0.25) is 0 Å². The Bertz CT molecular complexity index is 719. The smallest absolute Gasteiger partial charge is 0.160 e. The molecule has 0 saturated heterocycles. The Labute approximate surface area is 168 Å².